The van der Waals surface area contributed by atoms with E-state index in [9.17, 15) is 63.9 Å². The third-order valence-electron chi connectivity index (χ3n) is 21.8. The minimum Gasteiger partial charge on any atom is -0.377 e. The summed E-state index contributed by atoms with van der Waals surface area (Å²) in [6.07, 6.45) is -13.2. The van der Waals surface area contributed by atoms with Crippen LogP contribution in [0.1, 0.15) is 140 Å². The number of fused-ring (bicyclic) bond motifs is 3. The van der Waals surface area contributed by atoms with Crippen LogP contribution in [0.5, 0.6) is 0 Å². The van der Waals surface area contributed by atoms with Gasteiger partial charge in [0, 0.05) is 94.8 Å². The Morgan fingerprint density at radius 2 is 1.30 bits per heavy atom. The maximum atomic E-state index is 15.5. The molecule has 25 nitrogen and oxygen atoms in total. The SMILES string of the molecule is CCO[C@@H]1C[C@H]2C(=O)NC3(CCC3)C(=O)N(C)[C@@H](C3CCCC3)C(=O)N(C)[C@H](C(=O)N(C)CC)CC(=O)N(C)[C@@H](CC(F)F)C(=O)N[C@@H]([C@@H](C)CC)C(=O)N(C)CC(=O)N(C)[C@H]3C/C=C\CCN(C3=O)[C@@H](Cc3ccc(C(F)(F)F)cc3)C(=O)N(C)CC(=O)N[C@@H](CCc3cc(F)c(C(F)(F)F)c(F)c3)C(=O)N2C1. The van der Waals surface area contributed by atoms with Gasteiger partial charge >= 0.3 is 12.4 Å². The van der Waals surface area contributed by atoms with E-state index in [0.717, 1.165) is 72.7 Å². The van der Waals surface area contributed by atoms with Gasteiger partial charge < -0.3 is 64.8 Å². The van der Waals surface area contributed by atoms with Crippen molar-refractivity contribution in [1.82, 2.24) is 60.0 Å². The molecule has 0 aromatic heterocycles. The largest absolute Gasteiger partial charge is 0.422 e. The Morgan fingerprint density at radius 1 is 0.679 bits per heavy atom. The Labute approximate surface area is 627 Å². The van der Waals surface area contributed by atoms with E-state index in [2.05, 4.69) is 16.0 Å². The van der Waals surface area contributed by atoms with Crippen molar-refractivity contribution in [3.8, 4) is 0 Å². The first kappa shape index (κ1) is 87.3. The number of amides is 12. The van der Waals surface area contributed by atoms with E-state index in [1.807, 2.05) is 0 Å². The van der Waals surface area contributed by atoms with Gasteiger partial charge in [0.15, 0.2) is 0 Å². The molecule has 2 aromatic carbocycles. The van der Waals surface area contributed by atoms with Crippen molar-refractivity contribution in [2.24, 2.45) is 11.8 Å². The van der Waals surface area contributed by atoms with Crippen molar-refractivity contribution in [2.45, 2.75) is 209 Å². The van der Waals surface area contributed by atoms with Crippen molar-refractivity contribution < 1.29 is 106 Å². The third-order valence-corrected chi connectivity index (χ3v) is 21.8. The Balaban J connectivity index is 1.36. The van der Waals surface area contributed by atoms with Crippen molar-refractivity contribution in [2.75, 3.05) is 88.7 Å². The first-order valence-corrected chi connectivity index (χ1v) is 36.7. The summed E-state index contributed by atoms with van der Waals surface area (Å²) < 4.78 is 149. The molecule has 109 heavy (non-hydrogen) atoms. The van der Waals surface area contributed by atoms with Gasteiger partial charge in [-0.3, -0.25) is 57.5 Å². The molecular formula is C74H100F10N12O13. The zero-order chi connectivity index (χ0) is 81.1. The molecule has 604 valence electrons. The molecule has 35 heteroatoms. The monoisotopic (exact) mass is 1550 g/mol. The number of benzene rings is 2. The molecule has 3 aliphatic heterocycles. The number of carbonyl (C=O) groups is 12. The van der Waals surface area contributed by atoms with Crippen LogP contribution in [0.4, 0.5) is 43.9 Å². The molecule has 0 unspecified atom stereocenters. The number of hydrogen-bond acceptors (Lipinski definition) is 13. The lowest BCUT2D eigenvalue weighted by Crippen LogP contribution is -2.68. The highest BCUT2D eigenvalue weighted by molar-refractivity contribution is 6.01. The van der Waals surface area contributed by atoms with Crippen molar-refractivity contribution in [1.29, 1.82) is 0 Å². The fraction of sp³-hybridized carbons (Fsp3) is 0.649. The van der Waals surface area contributed by atoms with Gasteiger partial charge in [0.25, 0.3) is 0 Å². The highest BCUT2D eigenvalue weighted by Gasteiger charge is 2.54. The second kappa shape index (κ2) is 37.2. The van der Waals surface area contributed by atoms with Crippen molar-refractivity contribution in [3.63, 3.8) is 0 Å². The topological polar surface area (TPSA) is 279 Å². The fourth-order valence-electron chi connectivity index (χ4n) is 14.9. The van der Waals surface area contributed by atoms with E-state index >= 15 is 37.5 Å². The number of alkyl halides is 8. The van der Waals surface area contributed by atoms with Gasteiger partial charge in [-0.2, -0.15) is 26.3 Å². The lowest BCUT2D eigenvalue weighted by atomic mass is 9.74. The zero-order valence-electron chi connectivity index (χ0n) is 63.2. The van der Waals surface area contributed by atoms with Gasteiger partial charge in [0.2, 0.25) is 77.3 Å². The molecule has 0 radical (unpaired) electrons. The van der Waals surface area contributed by atoms with E-state index in [1.54, 1.807) is 39.8 Å². The summed E-state index contributed by atoms with van der Waals surface area (Å²) in [4.78, 5) is 189. The van der Waals surface area contributed by atoms with Gasteiger partial charge in [-0.05, 0) is 119 Å². The van der Waals surface area contributed by atoms with Crippen molar-refractivity contribution >= 4 is 70.9 Å². The summed E-state index contributed by atoms with van der Waals surface area (Å²) in [6.45, 7) is 4.00. The molecule has 10 atom stereocenters. The number of hydrogen-bond donors (Lipinski definition) is 3. The summed E-state index contributed by atoms with van der Waals surface area (Å²) in [5.74, 6) is -17.0. The normalized spacial score (nSPS) is 26.0. The molecule has 2 aliphatic carbocycles. The number of carbonyl (C=O) groups excluding carboxylic acids is 12. The van der Waals surface area contributed by atoms with Gasteiger partial charge in [0.05, 0.1) is 31.2 Å². The average Bonchev–Trinajstić information content (AvgIpc) is 1.69. The Kier molecular flexibility index (Phi) is 29.8. The first-order valence-electron chi connectivity index (χ1n) is 36.7. The van der Waals surface area contributed by atoms with E-state index in [1.165, 1.54) is 40.1 Å². The second-order valence-electron chi connectivity index (χ2n) is 29.1. The fourth-order valence-corrected chi connectivity index (χ4v) is 14.9. The minimum absolute atomic E-state index is 0.0188. The number of aryl methyl sites for hydroxylation is 1. The molecule has 1 spiro atoms. The summed E-state index contributed by atoms with van der Waals surface area (Å²) >= 11 is 0. The quantitative estimate of drug-likeness (QED) is 0.151. The Bertz CT molecular complexity index is 3670. The summed E-state index contributed by atoms with van der Waals surface area (Å²) in [5.41, 5.74) is -5.42. The maximum Gasteiger partial charge on any atom is 0.422 e. The summed E-state index contributed by atoms with van der Waals surface area (Å²) in [6, 6.07) is -8.95. The zero-order valence-corrected chi connectivity index (χ0v) is 63.2. The van der Waals surface area contributed by atoms with Crippen LogP contribution in [0.15, 0.2) is 48.6 Å². The molecule has 7 rings (SSSR count). The third kappa shape index (κ3) is 21.0. The smallest absolute Gasteiger partial charge is 0.377 e. The number of nitrogens with one attached hydrogen (secondary N) is 3. The van der Waals surface area contributed by atoms with Crippen molar-refractivity contribution in [3.05, 3.63) is 82.4 Å². The van der Waals surface area contributed by atoms with Crippen LogP contribution >= 0.6 is 0 Å². The van der Waals surface area contributed by atoms with Crippen LogP contribution in [-0.2, 0) is 87.5 Å². The molecule has 2 aromatic rings. The van der Waals surface area contributed by atoms with Crippen LogP contribution in [0.3, 0.4) is 0 Å². The molecule has 2 saturated carbocycles. The second-order valence-corrected chi connectivity index (χ2v) is 29.1. The maximum absolute atomic E-state index is 15.5. The molecule has 2 bridgehead atoms. The predicted molar refractivity (Wildman–Crippen MR) is 374 cm³/mol. The van der Waals surface area contributed by atoms with E-state index < -0.39 is 235 Å². The number of ether oxygens (including phenoxy) is 1. The molecule has 3 heterocycles. The summed E-state index contributed by atoms with van der Waals surface area (Å²) in [5, 5.41) is 7.87. The van der Waals surface area contributed by atoms with Crippen LogP contribution in [0.2, 0.25) is 0 Å². The van der Waals surface area contributed by atoms with Crippen LogP contribution in [-0.4, -0.2) is 270 Å². The van der Waals surface area contributed by atoms with Gasteiger partial charge in [-0.25, -0.2) is 17.6 Å². The first-order chi connectivity index (χ1) is 51.1. The van der Waals surface area contributed by atoms with E-state index in [4.69, 9.17) is 4.74 Å². The van der Waals surface area contributed by atoms with Crippen LogP contribution in [0, 0.1) is 23.5 Å². The van der Waals surface area contributed by atoms with Crippen LogP contribution in [0.25, 0.3) is 0 Å². The predicted octanol–water partition coefficient (Wildman–Crippen LogP) is 5.74. The lowest BCUT2D eigenvalue weighted by molar-refractivity contribution is -0.158. The number of nitrogens with zero attached hydrogens (tertiary/aromatic N) is 9. The summed E-state index contributed by atoms with van der Waals surface area (Å²) in [7, 11) is 8.48. The standard InChI is InChI=1S/C74H100F10N12O13/c1-12-42(4)61-69(106)90(7)41-59(99)91(8)51-23-16-15-19-32-95(68(51)105)55(35-43-24-27-46(28-25-43)73(79,80)81)67(104)89(6)40-57(97)85-50(29-26-44-33-48(75)60(49(76)34-44)74(82,83)84)65(102)96-39-47(109-14-3)36-53(96)64(101)87-72(30-20-31-72)71(108)94(11)62(45-21-17-18-22-45)70(107)93(10)54(66(103)88(5)13-2)38-58(98)92(9)52(37-56(77)78)63(100)86-61/h15-16,24-25,27-28,33-34,42,45,47,50-56,61-62H,12-14,17-23,26,29-32,35-41H2,1-11H3,(H,85,97)(H,86,100)(H,87,101)/b16-15-/t42-,47+,50-,51-,52-,53-,54-,55-,61-,62-/m0/s1. The molecular weight excluding hydrogens is 1450 g/mol. The minimum atomic E-state index is -5.48. The molecule has 3 N–H and O–H groups in total. The van der Waals surface area contributed by atoms with Gasteiger partial charge in [0.1, 0.15) is 71.1 Å². The molecule has 12 amide bonds. The highest BCUT2D eigenvalue weighted by Crippen LogP contribution is 2.40. The lowest BCUT2D eigenvalue weighted by Gasteiger charge is -2.46. The molecule has 2 saturated heterocycles. The van der Waals surface area contributed by atoms with E-state index in [-0.39, 0.29) is 70.3 Å². The average molecular weight is 1560 g/mol. The van der Waals surface area contributed by atoms with Crippen LogP contribution < -0.4 is 16.0 Å². The number of halogens is 10. The van der Waals surface area contributed by atoms with Gasteiger partial charge in [-0.15, -0.1) is 0 Å². The Morgan fingerprint density at radius 3 is 1.86 bits per heavy atom. The molecule has 5 aliphatic rings. The Hall–Kier alpha value is -8.92. The van der Waals surface area contributed by atoms with E-state index in [0.29, 0.717) is 49.1 Å². The highest BCUT2D eigenvalue weighted by atomic mass is 19.4. The molecule has 4 fully saturated rings. The van der Waals surface area contributed by atoms with Gasteiger partial charge in [-0.1, -0.05) is 57.4 Å². The number of rotatable bonds is 14. The number of likely N-dealkylation sites (N-methyl/N-ethyl adjacent to an activating group) is 7.